The third-order valence-corrected chi connectivity index (χ3v) is 4.36. The van der Waals surface area contributed by atoms with E-state index in [1.54, 1.807) is 13.3 Å². The molecule has 134 valence electrons. The van der Waals surface area contributed by atoms with Gasteiger partial charge in [0.25, 0.3) is 0 Å². The molecule has 1 saturated heterocycles. The largest absolute Gasteiger partial charge is 0.495 e. The molecule has 1 aliphatic rings. The molecule has 3 rings (SSSR count). The Labute approximate surface area is 147 Å². The Bertz CT molecular complexity index is 712. The van der Waals surface area contributed by atoms with E-state index in [2.05, 4.69) is 31.7 Å². The standard InChI is InChI=1S/C17H25N7O/c1-3-4-13-15(16(18)22-17(19)21-13)24-9-7-23(8-10-24)14-6-5-12(25-2)11-20-14/h5-6,11H,3-4,7-10H2,1-2H3,(H4,18,19,21,22). The number of pyridine rings is 1. The Hall–Kier alpha value is -2.77. The Kier molecular flexibility index (Phi) is 5.06. The van der Waals surface area contributed by atoms with Crippen LogP contribution in [-0.4, -0.2) is 48.2 Å². The molecule has 0 aromatic carbocycles. The van der Waals surface area contributed by atoms with Gasteiger partial charge in [0.1, 0.15) is 17.3 Å². The van der Waals surface area contributed by atoms with Crippen LogP contribution in [0.2, 0.25) is 0 Å². The molecule has 0 aliphatic carbocycles. The summed E-state index contributed by atoms with van der Waals surface area (Å²) in [5, 5.41) is 0. The van der Waals surface area contributed by atoms with E-state index < -0.39 is 0 Å². The SMILES string of the molecule is CCCc1nc(N)nc(N)c1N1CCN(c2ccc(OC)cn2)CC1. The number of hydrogen-bond donors (Lipinski definition) is 2. The zero-order chi connectivity index (χ0) is 17.8. The van der Waals surface area contributed by atoms with Gasteiger partial charge in [0, 0.05) is 26.2 Å². The van der Waals surface area contributed by atoms with Crippen molar-refractivity contribution in [3.63, 3.8) is 0 Å². The summed E-state index contributed by atoms with van der Waals surface area (Å²) in [7, 11) is 1.64. The van der Waals surface area contributed by atoms with E-state index in [-0.39, 0.29) is 5.95 Å². The van der Waals surface area contributed by atoms with Crippen LogP contribution in [-0.2, 0) is 6.42 Å². The fraction of sp³-hybridized carbons (Fsp3) is 0.471. The lowest BCUT2D eigenvalue weighted by molar-refractivity contribution is 0.413. The molecule has 0 radical (unpaired) electrons. The molecule has 8 nitrogen and oxygen atoms in total. The molecule has 25 heavy (non-hydrogen) atoms. The van der Waals surface area contributed by atoms with E-state index in [0.717, 1.165) is 62.0 Å². The second kappa shape index (κ2) is 7.42. The zero-order valence-electron chi connectivity index (χ0n) is 14.8. The van der Waals surface area contributed by atoms with Gasteiger partial charge in [-0.2, -0.15) is 4.98 Å². The lowest BCUT2D eigenvalue weighted by Gasteiger charge is -2.37. The number of piperazine rings is 1. The molecule has 0 saturated carbocycles. The molecular weight excluding hydrogens is 318 g/mol. The summed E-state index contributed by atoms with van der Waals surface area (Å²) in [5.74, 6) is 2.42. The number of hydrogen-bond acceptors (Lipinski definition) is 8. The topological polar surface area (TPSA) is 106 Å². The second-order valence-electron chi connectivity index (χ2n) is 6.04. The predicted octanol–water partition coefficient (Wildman–Crippen LogP) is 1.32. The average Bonchev–Trinajstić information content (AvgIpc) is 2.62. The Balaban J connectivity index is 1.73. The van der Waals surface area contributed by atoms with Gasteiger partial charge in [-0.05, 0) is 18.6 Å². The van der Waals surface area contributed by atoms with Crippen molar-refractivity contribution in [1.82, 2.24) is 15.0 Å². The van der Waals surface area contributed by atoms with Crippen molar-refractivity contribution < 1.29 is 4.74 Å². The summed E-state index contributed by atoms with van der Waals surface area (Å²) in [5.41, 5.74) is 13.8. The first-order valence-electron chi connectivity index (χ1n) is 8.54. The fourth-order valence-electron chi connectivity index (χ4n) is 3.14. The van der Waals surface area contributed by atoms with Gasteiger partial charge in [-0.15, -0.1) is 0 Å². The predicted molar refractivity (Wildman–Crippen MR) is 100 cm³/mol. The fourth-order valence-corrected chi connectivity index (χ4v) is 3.14. The maximum atomic E-state index is 6.15. The lowest BCUT2D eigenvalue weighted by Crippen LogP contribution is -2.47. The molecule has 0 spiro atoms. The molecule has 4 N–H and O–H groups in total. The van der Waals surface area contributed by atoms with Gasteiger partial charge in [0.15, 0.2) is 5.82 Å². The van der Waals surface area contributed by atoms with Gasteiger partial charge in [-0.25, -0.2) is 9.97 Å². The smallest absolute Gasteiger partial charge is 0.222 e. The molecule has 3 heterocycles. The third-order valence-electron chi connectivity index (χ3n) is 4.36. The molecule has 1 fully saturated rings. The van der Waals surface area contributed by atoms with Crippen molar-refractivity contribution in [3.05, 3.63) is 24.0 Å². The van der Waals surface area contributed by atoms with Crippen molar-refractivity contribution in [1.29, 1.82) is 0 Å². The minimum absolute atomic E-state index is 0.241. The highest BCUT2D eigenvalue weighted by molar-refractivity contribution is 5.68. The summed E-state index contributed by atoms with van der Waals surface area (Å²) in [6.07, 6.45) is 3.57. The van der Waals surface area contributed by atoms with Crippen LogP contribution in [0.5, 0.6) is 5.75 Å². The van der Waals surface area contributed by atoms with Crippen LogP contribution in [0, 0.1) is 0 Å². The number of rotatable bonds is 5. The lowest BCUT2D eigenvalue weighted by atomic mass is 10.1. The van der Waals surface area contributed by atoms with Crippen molar-refractivity contribution in [2.24, 2.45) is 0 Å². The van der Waals surface area contributed by atoms with Crippen LogP contribution in [0.15, 0.2) is 18.3 Å². The maximum Gasteiger partial charge on any atom is 0.222 e. The van der Waals surface area contributed by atoms with Crippen LogP contribution in [0.25, 0.3) is 0 Å². The highest BCUT2D eigenvalue weighted by Crippen LogP contribution is 2.29. The highest BCUT2D eigenvalue weighted by Gasteiger charge is 2.23. The molecular formula is C17H25N7O. The molecule has 0 bridgehead atoms. The number of nitrogen functional groups attached to an aromatic ring is 2. The number of anilines is 4. The van der Waals surface area contributed by atoms with E-state index >= 15 is 0 Å². The van der Waals surface area contributed by atoms with Crippen LogP contribution in [0.3, 0.4) is 0 Å². The quantitative estimate of drug-likeness (QED) is 0.837. The van der Waals surface area contributed by atoms with Gasteiger partial charge in [0.2, 0.25) is 5.95 Å². The Morgan fingerprint density at radius 1 is 1.08 bits per heavy atom. The zero-order valence-corrected chi connectivity index (χ0v) is 14.8. The van der Waals surface area contributed by atoms with Gasteiger partial charge >= 0.3 is 0 Å². The number of nitrogens with two attached hydrogens (primary N) is 2. The summed E-state index contributed by atoms with van der Waals surface area (Å²) >= 11 is 0. The van der Waals surface area contributed by atoms with Crippen LogP contribution < -0.4 is 26.0 Å². The number of methoxy groups -OCH3 is 1. The summed E-state index contributed by atoms with van der Waals surface area (Å²) in [4.78, 5) is 17.5. The van der Waals surface area contributed by atoms with Crippen molar-refractivity contribution in [3.8, 4) is 5.75 Å². The van der Waals surface area contributed by atoms with Gasteiger partial charge in [-0.1, -0.05) is 13.3 Å². The number of aryl methyl sites for hydroxylation is 1. The number of ether oxygens (including phenoxy) is 1. The number of aromatic nitrogens is 3. The van der Waals surface area contributed by atoms with Crippen molar-refractivity contribution in [2.75, 3.05) is 54.6 Å². The first-order valence-corrected chi connectivity index (χ1v) is 8.54. The van der Waals surface area contributed by atoms with Crippen molar-refractivity contribution >= 4 is 23.3 Å². The molecule has 0 unspecified atom stereocenters. The Morgan fingerprint density at radius 2 is 1.80 bits per heavy atom. The van der Waals surface area contributed by atoms with Gasteiger partial charge in [0.05, 0.1) is 19.0 Å². The van der Waals surface area contributed by atoms with E-state index in [1.807, 2.05) is 12.1 Å². The van der Waals surface area contributed by atoms with Crippen LogP contribution in [0.4, 0.5) is 23.3 Å². The third kappa shape index (κ3) is 3.67. The molecule has 0 amide bonds. The van der Waals surface area contributed by atoms with Crippen LogP contribution in [0.1, 0.15) is 19.0 Å². The average molecular weight is 343 g/mol. The molecule has 1 aliphatic heterocycles. The first kappa shape index (κ1) is 17.1. The van der Waals surface area contributed by atoms with E-state index in [4.69, 9.17) is 16.2 Å². The van der Waals surface area contributed by atoms with Gasteiger partial charge < -0.3 is 26.0 Å². The maximum absolute atomic E-state index is 6.15. The summed E-state index contributed by atoms with van der Waals surface area (Å²) < 4.78 is 5.16. The molecule has 2 aromatic heterocycles. The normalized spacial score (nSPS) is 14.6. The van der Waals surface area contributed by atoms with E-state index in [0.29, 0.717) is 5.82 Å². The van der Waals surface area contributed by atoms with Crippen LogP contribution >= 0.6 is 0 Å². The monoisotopic (exact) mass is 343 g/mol. The molecule has 2 aromatic rings. The van der Waals surface area contributed by atoms with E-state index in [1.165, 1.54) is 0 Å². The summed E-state index contributed by atoms with van der Waals surface area (Å²) in [6, 6.07) is 3.91. The molecule has 8 heteroatoms. The second-order valence-corrected chi connectivity index (χ2v) is 6.04. The minimum Gasteiger partial charge on any atom is -0.495 e. The molecule has 0 atom stereocenters. The minimum atomic E-state index is 0.241. The van der Waals surface area contributed by atoms with Gasteiger partial charge in [-0.3, -0.25) is 0 Å². The first-order chi connectivity index (χ1) is 12.1. The van der Waals surface area contributed by atoms with E-state index in [9.17, 15) is 0 Å². The Morgan fingerprint density at radius 3 is 2.40 bits per heavy atom. The summed E-state index contributed by atoms with van der Waals surface area (Å²) in [6.45, 7) is 5.50. The number of nitrogens with zero attached hydrogens (tertiary/aromatic N) is 5. The van der Waals surface area contributed by atoms with Crippen molar-refractivity contribution in [2.45, 2.75) is 19.8 Å². The highest BCUT2D eigenvalue weighted by atomic mass is 16.5.